The standard InChI is InChI=1S/C27H25N3O/c31-27(25-20-28-19-23-13-7-8-14-24(23)25)30-17-15-29(16-18-30)26(21-9-3-1-4-10-21)22-11-5-2-6-12-22/h1-14,19-20,26H,15-18H2. The van der Waals surface area contributed by atoms with Crippen molar-refractivity contribution in [1.29, 1.82) is 0 Å². The van der Waals surface area contributed by atoms with Gasteiger partial charge in [0.05, 0.1) is 11.6 Å². The topological polar surface area (TPSA) is 36.4 Å². The third-order valence-electron chi connectivity index (χ3n) is 6.10. The summed E-state index contributed by atoms with van der Waals surface area (Å²) in [5, 5.41) is 1.97. The first-order valence-electron chi connectivity index (χ1n) is 10.8. The first-order chi connectivity index (χ1) is 15.3. The van der Waals surface area contributed by atoms with Crippen molar-refractivity contribution in [1.82, 2.24) is 14.8 Å². The van der Waals surface area contributed by atoms with Crippen LogP contribution < -0.4 is 0 Å². The van der Waals surface area contributed by atoms with Gasteiger partial charge in [-0.1, -0.05) is 84.9 Å². The first kappa shape index (κ1) is 19.5. The highest BCUT2D eigenvalue weighted by Crippen LogP contribution is 2.30. The van der Waals surface area contributed by atoms with Crippen LogP contribution in [0.5, 0.6) is 0 Å². The Hall–Kier alpha value is -3.50. The molecule has 0 atom stereocenters. The van der Waals surface area contributed by atoms with Crippen molar-refractivity contribution >= 4 is 16.7 Å². The molecule has 154 valence electrons. The highest BCUT2D eigenvalue weighted by Gasteiger charge is 2.29. The number of benzene rings is 3. The lowest BCUT2D eigenvalue weighted by molar-refractivity contribution is 0.0599. The molecule has 2 heterocycles. The van der Waals surface area contributed by atoms with Crippen molar-refractivity contribution in [2.75, 3.05) is 26.2 Å². The van der Waals surface area contributed by atoms with E-state index >= 15 is 0 Å². The molecule has 0 bridgehead atoms. The second kappa shape index (κ2) is 8.70. The highest BCUT2D eigenvalue weighted by molar-refractivity contribution is 6.06. The molecule has 1 aliphatic heterocycles. The second-order valence-electron chi connectivity index (χ2n) is 7.96. The Kier molecular flexibility index (Phi) is 5.46. The van der Waals surface area contributed by atoms with Gasteiger partial charge >= 0.3 is 0 Å². The van der Waals surface area contributed by atoms with Crippen LogP contribution in [0, 0.1) is 0 Å². The molecular formula is C27H25N3O. The molecule has 1 amide bonds. The van der Waals surface area contributed by atoms with Crippen LogP contribution in [0.3, 0.4) is 0 Å². The molecule has 0 unspecified atom stereocenters. The fraction of sp³-hybridized carbons (Fsp3) is 0.185. The van der Waals surface area contributed by atoms with Crippen LogP contribution in [-0.2, 0) is 0 Å². The summed E-state index contributed by atoms with van der Waals surface area (Å²) in [6.07, 6.45) is 3.52. The Morgan fingerprint density at radius 2 is 1.29 bits per heavy atom. The molecule has 4 heteroatoms. The van der Waals surface area contributed by atoms with E-state index in [-0.39, 0.29) is 11.9 Å². The van der Waals surface area contributed by atoms with Crippen LogP contribution in [0.2, 0.25) is 0 Å². The smallest absolute Gasteiger partial charge is 0.256 e. The Bertz CT molecular complexity index is 1120. The molecule has 4 aromatic rings. The minimum absolute atomic E-state index is 0.0694. The van der Waals surface area contributed by atoms with Gasteiger partial charge < -0.3 is 4.90 Å². The Morgan fingerprint density at radius 1 is 0.710 bits per heavy atom. The van der Waals surface area contributed by atoms with Gasteiger partial charge in [-0.2, -0.15) is 0 Å². The van der Waals surface area contributed by atoms with Gasteiger partial charge in [0.15, 0.2) is 0 Å². The zero-order valence-electron chi connectivity index (χ0n) is 17.4. The molecule has 0 saturated carbocycles. The maximum Gasteiger partial charge on any atom is 0.256 e. The van der Waals surface area contributed by atoms with Gasteiger partial charge in [0, 0.05) is 44.0 Å². The molecule has 0 aliphatic carbocycles. The van der Waals surface area contributed by atoms with E-state index in [4.69, 9.17) is 0 Å². The number of pyridine rings is 1. The first-order valence-corrected chi connectivity index (χ1v) is 10.8. The number of aromatic nitrogens is 1. The summed E-state index contributed by atoms with van der Waals surface area (Å²) < 4.78 is 0. The molecule has 5 rings (SSSR count). The van der Waals surface area contributed by atoms with Gasteiger partial charge in [-0.15, -0.1) is 0 Å². The van der Waals surface area contributed by atoms with Gasteiger partial charge in [-0.3, -0.25) is 14.7 Å². The molecule has 1 fully saturated rings. The molecule has 4 nitrogen and oxygen atoms in total. The minimum Gasteiger partial charge on any atom is -0.336 e. The molecule has 1 saturated heterocycles. The van der Waals surface area contributed by atoms with Gasteiger partial charge in [0.2, 0.25) is 0 Å². The van der Waals surface area contributed by atoms with Gasteiger partial charge in [0.1, 0.15) is 0 Å². The lowest BCUT2D eigenvalue weighted by atomic mass is 9.96. The van der Waals surface area contributed by atoms with Crippen molar-refractivity contribution in [3.8, 4) is 0 Å². The van der Waals surface area contributed by atoms with E-state index in [2.05, 4.69) is 70.5 Å². The number of amides is 1. The van der Waals surface area contributed by atoms with Gasteiger partial charge in [-0.05, 0) is 16.5 Å². The van der Waals surface area contributed by atoms with Crippen LogP contribution in [0.15, 0.2) is 97.3 Å². The van der Waals surface area contributed by atoms with E-state index in [9.17, 15) is 4.79 Å². The third-order valence-corrected chi connectivity index (χ3v) is 6.10. The second-order valence-corrected chi connectivity index (χ2v) is 7.96. The summed E-state index contributed by atoms with van der Waals surface area (Å²) in [5.74, 6) is 0.0694. The summed E-state index contributed by atoms with van der Waals surface area (Å²) in [7, 11) is 0. The van der Waals surface area contributed by atoms with E-state index in [0.29, 0.717) is 18.7 Å². The largest absolute Gasteiger partial charge is 0.336 e. The molecule has 0 N–H and O–H groups in total. The van der Waals surface area contributed by atoms with E-state index in [0.717, 1.165) is 23.9 Å². The number of hydrogen-bond donors (Lipinski definition) is 0. The van der Waals surface area contributed by atoms with E-state index in [1.165, 1.54) is 11.1 Å². The quantitative estimate of drug-likeness (QED) is 0.488. The Balaban J connectivity index is 1.37. The molecular weight excluding hydrogens is 382 g/mol. The van der Waals surface area contributed by atoms with Crippen LogP contribution in [0.25, 0.3) is 10.8 Å². The predicted octanol–water partition coefficient (Wildman–Crippen LogP) is 4.78. The van der Waals surface area contributed by atoms with Crippen molar-refractivity contribution in [3.63, 3.8) is 0 Å². The average Bonchev–Trinajstić information content (AvgIpc) is 2.85. The monoisotopic (exact) mass is 407 g/mol. The lowest BCUT2D eigenvalue weighted by Crippen LogP contribution is -2.49. The van der Waals surface area contributed by atoms with E-state index < -0.39 is 0 Å². The van der Waals surface area contributed by atoms with Crippen molar-refractivity contribution in [2.45, 2.75) is 6.04 Å². The summed E-state index contributed by atoms with van der Waals surface area (Å²) >= 11 is 0. The fourth-order valence-corrected chi connectivity index (χ4v) is 4.53. The van der Waals surface area contributed by atoms with Crippen molar-refractivity contribution < 1.29 is 4.79 Å². The number of rotatable bonds is 4. The summed E-state index contributed by atoms with van der Waals surface area (Å²) in [6, 6.07) is 29.4. The summed E-state index contributed by atoms with van der Waals surface area (Å²) in [4.78, 5) is 22.0. The fourth-order valence-electron chi connectivity index (χ4n) is 4.53. The van der Waals surface area contributed by atoms with Crippen LogP contribution >= 0.6 is 0 Å². The minimum atomic E-state index is 0.0694. The number of fused-ring (bicyclic) bond motifs is 1. The lowest BCUT2D eigenvalue weighted by Gasteiger charge is -2.40. The Labute approximate surface area is 182 Å². The molecule has 31 heavy (non-hydrogen) atoms. The average molecular weight is 408 g/mol. The summed E-state index contributed by atoms with van der Waals surface area (Å²) in [6.45, 7) is 3.08. The zero-order valence-corrected chi connectivity index (χ0v) is 17.4. The van der Waals surface area contributed by atoms with Crippen molar-refractivity contribution in [3.05, 3.63) is 114 Å². The van der Waals surface area contributed by atoms with Gasteiger partial charge in [0.25, 0.3) is 5.91 Å². The number of piperazine rings is 1. The molecule has 1 aliphatic rings. The molecule has 0 spiro atoms. The maximum absolute atomic E-state index is 13.3. The highest BCUT2D eigenvalue weighted by atomic mass is 16.2. The number of carbonyl (C=O) groups excluding carboxylic acids is 1. The molecule has 3 aromatic carbocycles. The SMILES string of the molecule is O=C(c1cncc2ccccc12)N1CCN(C(c2ccccc2)c2ccccc2)CC1. The van der Waals surface area contributed by atoms with E-state index in [1.807, 2.05) is 35.4 Å². The van der Waals surface area contributed by atoms with Crippen LogP contribution in [0.1, 0.15) is 27.5 Å². The normalized spacial score (nSPS) is 14.8. The predicted molar refractivity (Wildman–Crippen MR) is 124 cm³/mol. The molecule has 0 radical (unpaired) electrons. The van der Waals surface area contributed by atoms with E-state index in [1.54, 1.807) is 6.20 Å². The molecule has 1 aromatic heterocycles. The summed E-state index contributed by atoms with van der Waals surface area (Å²) in [5.41, 5.74) is 3.26. The number of nitrogens with zero attached hydrogens (tertiary/aromatic N) is 3. The van der Waals surface area contributed by atoms with Gasteiger partial charge in [-0.25, -0.2) is 0 Å². The van der Waals surface area contributed by atoms with Crippen LogP contribution in [-0.4, -0.2) is 46.9 Å². The van der Waals surface area contributed by atoms with Crippen molar-refractivity contribution in [2.24, 2.45) is 0 Å². The zero-order chi connectivity index (χ0) is 21.0. The number of carbonyl (C=O) groups is 1. The van der Waals surface area contributed by atoms with Crippen LogP contribution in [0.4, 0.5) is 0 Å². The maximum atomic E-state index is 13.3. The Morgan fingerprint density at radius 3 is 1.94 bits per heavy atom. The number of hydrogen-bond acceptors (Lipinski definition) is 3. The third kappa shape index (κ3) is 3.94.